The van der Waals surface area contributed by atoms with Crippen LogP contribution in [0.25, 0.3) is 0 Å². The molecule has 0 aliphatic carbocycles. The first-order valence-corrected chi connectivity index (χ1v) is 33.4. The van der Waals surface area contributed by atoms with E-state index in [2.05, 4.69) is 130 Å². The van der Waals surface area contributed by atoms with Gasteiger partial charge < -0.3 is 14.2 Å². The van der Waals surface area contributed by atoms with E-state index in [9.17, 15) is 14.4 Å². The molecule has 6 nitrogen and oxygen atoms in total. The summed E-state index contributed by atoms with van der Waals surface area (Å²) in [6, 6.07) is 0. The van der Waals surface area contributed by atoms with Crippen molar-refractivity contribution in [3.05, 3.63) is 109 Å². The Labute approximate surface area is 489 Å². The summed E-state index contributed by atoms with van der Waals surface area (Å²) >= 11 is 0. The van der Waals surface area contributed by atoms with Crippen LogP contribution in [0.5, 0.6) is 0 Å². The van der Waals surface area contributed by atoms with Crippen molar-refractivity contribution < 1.29 is 28.6 Å². The average Bonchev–Trinajstić information content (AvgIpc) is 3.45. The molecule has 0 saturated carbocycles. The molecule has 0 bridgehead atoms. The van der Waals surface area contributed by atoms with Crippen LogP contribution in [-0.4, -0.2) is 37.2 Å². The number of unbranched alkanes of at least 4 members (excludes halogenated alkanes) is 31. The number of carbonyl (C=O) groups is 3. The molecule has 452 valence electrons. The molecule has 0 aromatic carbocycles. The average molecular weight is 1100 g/mol. The summed E-state index contributed by atoms with van der Waals surface area (Å²) in [6.07, 6.45) is 91.3. The lowest BCUT2D eigenvalue weighted by Gasteiger charge is -2.18. The van der Waals surface area contributed by atoms with E-state index in [1.54, 1.807) is 0 Å². The standard InChI is InChI=1S/C73H124O6/c1-4-7-10-13-16-18-20-22-24-26-28-30-32-33-34-35-36-37-38-39-41-42-44-46-48-50-52-54-57-60-63-66-72(75)78-69-70(68-77-71(74)65-62-59-56-15-12-9-6-3)79-73(76)67-64-61-58-55-53-51-49-47-45-43-40-31-29-27-25-23-21-19-17-14-11-8-5-2/h7-8,10-11,16-19,22-25,28-31,43,45,70H,4-6,9,12-15,20-21,26-27,32-42,44,46-69H2,1-3H3/b10-7-,11-8-,18-16-,19-17-,24-22-,25-23-,30-28-,31-29-,45-43-. The Hall–Kier alpha value is -3.93. The normalized spacial score (nSPS) is 12.8. The highest BCUT2D eigenvalue weighted by Gasteiger charge is 2.19. The summed E-state index contributed by atoms with van der Waals surface area (Å²) < 4.78 is 16.9. The third kappa shape index (κ3) is 64.8. The van der Waals surface area contributed by atoms with Crippen molar-refractivity contribution in [2.45, 2.75) is 322 Å². The SMILES string of the molecule is CC/C=C\C/C=C\C/C=C\C/C=C\C/C=C\CCCCCCCCCC(=O)OC(COC(=O)CCCCCCCCC)COC(=O)CCCCCCCCCCCCCCCCCCCC/C=C\C/C=C\C/C=C\C/C=C\CC. The van der Waals surface area contributed by atoms with Crippen LogP contribution in [0.4, 0.5) is 0 Å². The first-order valence-electron chi connectivity index (χ1n) is 33.4. The third-order valence-electron chi connectivity index (χ3n) is 14.3. The lowest BCUT2D eigenvalue weighted by Crippen LogP contribution is -2.30. The minimum atomic E-state index is -0.782. The van der Waals surface area contributed by atoms with Crippen molar-refractivity contribution in [2.75, 3.05) is 13.2 Å². The van der Waals surface area contributed by atoms with Crippen molar-refractivity contribution in [2.24, 2.45) is 0 Å². The molecular weight excluding hydrogens is 973 g/mol. The summed E-state index contributed by atoms with van der Waals surface area (Å²) in [5.41, 5.74) is 0. The third-order valence-corrected chi connectivity index (χ3v) is 14.3. The number of allylic oxidation sites excluding steroid dienone is 18. The largest absolute Gasteiger partial charge is 0.462 e. The summed E-state index contributed by atoms with van der Waals surface area (Å²) in [5, 5.41) is 0. The van der Waals surface area contributed by atoms with E-state index in [4.69, 9.17) is 14.2 Å². The fourth-order valence-corrected chi connectivity index (χ4v) is 9.35. The van der Waals surface area contributed by atoms with E-state index in [0.29, 0.717) is 19.3 Å². The van der Waals surface area contributed by atoms with Crippen molar-refractivity contribution in [1.82, 2.24) is 0 Å². The van der Waals surface area contributed by atoms with Gasteiger partial charge in [0.05, 0.1) is 0 Å². The fourth-order valence-electron chi connectivity index (χ4n) is 9.35. The molecule has 0 N–H and O–H groups in total. The smallest absolute Gasteiger partial charge is 0.306 e. The van der Waals surface area contributed by atoms with Crippen LogP contribution in [0, 0.1) is 0 Å². The molecule has 0 aromatic heterocycles. The van der Waals surface area contributed by atoms with Gasteiger partial charge in [-0.1, -0.05) is 304 Å². The van der Waals surface area contributed by atoms with Gasteiger partial charge in [0.1, 0.15) is 13.2 Å². The first kappa shape index (κ1) is 75.1. The van der Waals surface area contributed by atoms with E-state index in [1.165, 1.54) is 154 Å². The second-order valence-electron chi connectivity index (χ2n) is 22.0. The summed E-state index contributed by atoms with van der Waals surface area (Å²) in [7, 11) is 0. The Morgan fingerprint density at radius 2 is 0.494 bits per heavy atom. The second-order valence-corrected chi connectivity index (χ2v) is 22.0. The van der Waals surface area contributed by atoms with Crippen LogP contribution >= 0.6 is 0 Å². The van der Waals surface area contributed by atoms with E-state index in [0.717, 1.165) is 122 Å². The molecule has 0 spiro atoms. The van der Waals surface area contributed by atoms with Gasteiger partial charge >= 0.3 is 17.9 Å². The Morgan fingerprint density at radius 3 is 0.772 bits per heavy atom. The van der Waals surface area contributed by atoms with Crippen molar-refractivity contribution >= 4 is 17.9 Å². The number of ether oxygens (including phenoxy) is 3. The first-order chi connectivity index (χ1) is 39.0. The summed E-state index contributed by atoms with van der Waals surface area (Å²) in [4.78, 5) is 38.1. The van der Waals surface area contributed by atoms with Gasteiger partial charge in [0, 0.05) is 19.3 Å². The number of rotatable bonds is 60. The van der Waals surface area contributed by atoms with Crippen molar-refractivity contribution in [3.63, 3.8) is 0 Å². The van der Waals surface area contributed by atoms with E-state index in [1.807, 2.05) is 0 Å². The number of esters is 3. The minimum Gasteiger partial charge on any atom is -0.462 e. The van der Waals surface area contributed by atoms with Crippen LogP contribution in [-0.2, 0) is 28.6 Å². The maximum atomic E-state index is 12.9. The highest BCUT2D eigenvalue weighted by molar-refractivity contribution is 5.71. The zero-order chi connectivity index (χ0) is 57.1. The fraction of sp³-hybridized carbons (Fsp3) is 0.712. The van der Waals surface area contributed by atoms with Gasteiger partial charge in [-0.2, -0.15) is 0 Å². The molecule has 0 aliphatic rings. The predicted octanol–water partition coefficient (Wildman–Crippen LogP) is 23.0. The van der Waals surface area contributed by atoms with Crippen molar-refractivity contribution in [1.29, 1.82) is 0 Å². The van der Waals surface area contributed by atoms with Gasteiger partial charge in [0.2, 0.25) is 0 Å². The van der Waals surface area contributed by atoms with Gasteiger partial charge in [-0.25, -0.2) is 0 Å². The molecule has 0 fully saturated rings. The van der Waals surface area contributed by atoms with Gasteiger partial charge in [0.15, 0.2) is 6.10 Å². The summed E-state index contributed by atoms with van der Waals surface area (Å²) in [6.45, 7) is 6.39. The Balaban J connectivity index is 4.09. The zero-order valence-corrected chi connectivity index (χ0v) is 51.9. The van der Waals surface area contributed by atoms with Crippen LogP contribution < -0.4 is 0 Å². The van der Waals surface area contributed by atoms with Crippen molar-refractivity contribution in [3.8, 4) is 0 Å². The predicted molar refractivity (Wildman–Crippen MR) is 343 cm³/mol. The number of hydrogen-bond donors (Lipinski definition) is 0. The monoisotopic (exact) mass is 1100 g/mol. The maximum absolute atomic E-state index is 12.9. The molecule has 0 aliphatic heterocycles. The Kier molecular flexibility index (Phi) is 63.3. The highest BCUT2D eigenvalue weighted by Crippen LogP contribution is 2.17. The molecule has 79 heavy (non-hydrogen) atoms. The van der Waals surface area contributed by atoms with Gasteiger partial charge in [-0.3, -0.25) is 14.4 Å². The summed E-state index contributed by atoms with van der Waals surface area (Å²) in [5.74, 6) is -0.887. The molecule has 1 unspecified atom stereocenters. The maximum Gasteiger partial charge on any atom is 0.306 e. The van der Waals surface area contributed by atoms with E-state index < -0.39 is 6.10 Å². The van der Waals surface area contributed by atoms with Crippen LogP contribution in [0.15, 0.2) is 109 Å². The zero-order valence-electron chi connectivity index (χ0n) is 51.9. The highest BCUT2D eigenvalue weighted by atomic mass is 16.6. The quantitative estimate of drug-likeness (QED) is 0.0261. The molecular formula is C73H124O6. The van der Waals surface area contributed by atoms with E-state index >= 15 is 0 Å². The van der Waals surface area contributed by atoms with Gasteiger partial charge in [0.25, 0.3) is 0 Å². The molecule has 1 atom stereocenters. The van der Waals surface area contributed by atoms with Gasteiger partial charge in [-0.05, 0) is 103 Å². The molecule has 0 radical (unpaired) electrons. The van der Waals surface area contributed by atoms with Gasteiger partial charge in [-0.15, -0.1) is 0 Å². The molecule has 0 rings (SSSR count). The lowest BCUT2D eigenvalue weighted by atomic mass is 10.0. The molecule has 0 amide bonds. The molecule has 0 saturated heterocycles. The number of carbonyl (C=O) groups excluding carboxylic acids is 3. The Morgan fingerprint density at radius 1 is 0.266 bits per heavy atom. The number of hydrogen-bond acceptors (Lipinski definition) is 6. The van der Waals surface area contributed by atoms with E-state index in [-0.39, 0.29) is 31.1 Å². The second kappa shape index (κ2) is 66.6. The van der Waals surface area contributed by atoms with Crippen LogP contribution in [0.1, 0.15) is 316 Å². The van der Waals surface area contributed by atoms with Crippen LogP contribution in [0.3, 0.4) is 0 Å². The minimum absolute atomic E-state index is 0.0798. The topological polar surface area (TPSA) is 78.9 Å². The van der Waals surface area contributed by atoms with Crippen LogP contribution in [0.2, 0.25) is 0 Å². The lowest BCUT2D eigenvalue weighted by molar-refractivity contribution is -0.167. The molecule has 6 heteroatoms. The molecule has 0 aromatic rings. The molecule has 0 heterocycles. The Bertz CT molecular complexity index is 1590.